The van der Waals surface area contributed by atoms with Gasteiger partial charge in [0.05, 0.1) is 5.52 Å². The van der Waals surface area contributed by atoms with E-state index in [9.17, 15) is 0 Å². The first-order valence-electron chi connectivity index (χ1n) is 16.5. The van der Waals surface area contributed by atoms with Crippen molar-refractivity contribution in [1.29, 1.82) is 0 Å². The van der Waals surface area contributed by atoms with Gasteiger partial charge in [0, 0.05) is 0 Å². The zero-order valence-electron chi connectivity index (χ0n) is 26.0. The van der Waals surface area contributed by atoms with Gasteiger partial charge in [-0.3, -0.25) is 0 Å². The number of aromatic nitrogens is 3. The Labute approximate surface area is 291 Å². The molecule has 5 heteroatoms. The third-order valence-corrected chi connectivity index (χ3v) is 17.5. The second kappa shape index (κ2) is 9.62. The van der Waals surface area contributed by atoms with Crippen molar-refractivity contribution in [3.05, 3.63) is 156 Å². The predicted molar refractivity (Wildman–Crippen MR) is 215 cm³/mol. The molecule has 1 aliphatic heterocycles. The quantitative estimate of drug-likeness (QED) is 0.165. The fourth-order valence-corrected chi connectivity index (χ4v) is 15.6. The molecule has 3 nitrogen and oxygen atoms in total. The van der Waals surface area contributed by atoms with E-state index in [0.29, 0.717) is 0 Å². The molecular formula is C44H24IN3S. The maximum absolute atomic E-state index is 5.31. The minimum absolute atomic E-state index is 0.921. The van der Waals surface area contributed by atoms with E-state index >= 15 is 0 Å². The van der Waals surface area contributed by atoms with E-state index in [4.69, 9.17) is 9.97 Å². The Hall–Kier alpha value is -5.37. The molecule has 0 unspecified atom stereocenters. The molecular weight excluding hydrogens is 729 g/mol. The van der Waals surface area contributed by atoms with Crippen molar-refractivity contribution in [2.45, 2.75) is 0 Å². The molecule has 0 spiro atoms. The molecule has 5 heterocycles. The van der Waals surface area contributed by atoms with Crippen LogP contribution in [0.15, 0.2) is 146 Å². The van der Waals surface area contributed by atoms with Gasteiger partial charge in [-0.25, -0.2) is 0 Å². The number of benzene rings is 7. The second-order valence-corrected chi connectivity index (χ2v) is 19.1. The van der Waals surface area contributed by atoms with Crippen molar-refractivity contribution in [2.24, 2.45) is 0 Å². The second-order valence-electron chi connectivity index (χ2n) is 12.8. The Morgan fingerprint density at radius 3 is 2.16 bits per heavy atom. The summed E-state index contributed by atoms with van der Waals surface area (Å²) in [6.45, 7) is 0. The molecule has 7 aromatic carbocycles. The van der Waals surface area contributed by atoms with Crippen LogP contribution in [-0.4, -0.2) is 14.4 Å². The Bertz CT molecular complexity index is 3180. The van der Waals surface area contributed by atoms with Crippen LogP contribution in [0.2, 0.25) is 0 Å². The number of hydrogen-bond acceptors (Lipinski definition) is 3. The van der Waals surface area contributed by atoms with Crippen molar-refractivity contribution in [2.75, 3.05) is 0 Å². The van der Waals surface area contributed by atoms with Gasteiger partial charge >= 0.3 is 240 Å². The fraction of sp³-hybridized carbons (Fsp3) is 0. The molecule has 0 fully saturated rings. The number of para-hydroxylation sites is 3. The van der Waals surface area contributed by atoms with Crippen LogP contribution < -0.4 is 0 Å². The Morgan fingerprint density at radius 2 is 1.24 bits per heavy atom. The van der Waals surface area contributed by atoms with E-state index in [2.05, 4.69) is 144 Å². The Balaban J connectivity index is 1.14. The molecule has 4 aromatic heterocycles. The number of rotatable bonds is 2. The zero-order valence-corrected chi connectivity index (χ0v) is 29.0. The normalized spacial score (nSPS) is 13.6. The summed E-state index contributed by atoms with van der Waals surface area (Å²) in [7, 11) is 0. The molecule has 0 aliphatic carbocycles. The number of fused-ring (bicyclic) bond motifs is 14. The van der Waals surface area contributed by atoms with Crippen molar-refractivity contribution in [3.63, 3.8) is 0 Å². The summed E-state index contributed by atoms with van der Waals surface area (Å²) in [6, 6.07) is 53.9. The molecule has 228 valence electrons. The van der Waals surface area contributed by atoms with Gasteiger partial charge in [-0.1, -0.05) is 30.3 Å². The zero-order chi connectivity index (χ0) is 31.8. The van der Waals surface area contributed by atoms with E-state index in [0.717, 1.165) is 22.2 Å². The topological polar surface area (TPSA) is 30.2 Å². The monoisotopic (exact) mass is 753 g/mol. The molecule has 11 aromatic rings. The van der Waals surface area contributed by atoms with Crippen LogP contribution in [0.5, 0.6) is 0 Å². The molecule has 49 heavy (non-hydrogen) atoms. The maximum atomic E-state index is 5.31. The van der Waals surface area contributed by atoms with E-state index in [-0.39, 0.29) is 0 Å². The number of nitrogens with zero attached hydrogens (tertiary/aromatic N) is 3. The van der Waals surface area contributed by atoms with Crippen LogP contribution in [0, 0.1) is 10.7 Å². The summed E-state index contributed by atoms with van der Waals surface area (Å²) in [5, 5.41) is 6.30. The van der Waals surface area contributed by atoms with Crippen LogP contribution >= 0.6 is 31.2 Å². The van der Waals surface area contributed by atoms with E-state index < -0.39 is 19.8 Å². The molecule has 1 aliphatic rings. The van der Waals surface area contributed by atoms with Gasteiger partial charge in [-0.2, -0.15) is 0 Å². The molecule has 0 saturated carbocycles. The first kappa shape index (κ1) is 26.6. The van der Waals surface area contributed by atoms with E-state index in [1.54, 1.807) is 3.57 Å². The van der Waals surface area contributed by atoms with Gasteiger partial charge in [0.2, 0.25) is 0 Å². The van der Waals surface area contributed by atoms with Gasteiger partial charge in [0.1, 0.15) is 0 Å². The molecule has 12 rings (SSSR count). The average Bonchev–Trinajstić information content (AvgIpc) is 3.88. The fourth-order valence-electron chi connectivity index (χ4n) is 8.13. The molecule has 0 saturated heterocycles. The summed E-state index contributed by atoms with van der Waals surface area (Å²) in [5.74, 6) is 0. The van der Waals surface area contributed by atoms with Crippen LogP contribution in [0.25, 0.3) is 91.8 Å². The first-order valence-corrected chi connectivity index (χ1v) is 20.5. The third-order valence-electron chi connectivity index (χ3n) is 10.2. The van der Waals surface area contributed by atoms with Gasteiger partial charge in [-0.05, 0) is 18.2 Å². The number of thiophene rings is 1. The Morgan fingerprint density at radius 1 is 0.510 bits per heavy atom. The van der Waals surface area contributed by atoms with Crippen molar-refractivity contribution in [3.8, 4) is 22.3 Å². The van der Waals surface area contributed by atoms with E-state index in [1.807, 2.05) is 17.4 Å². The van der Waals surface area contributed by atoms with Crippen LogP contribution in [0.4, 0.5) is 0 Å². The van der Waals surface area contributed by atoms with Crippen molar-refractivity contribution in [1.82, 2.24) is 14.4 Å². The summed E-state index contributed by atoms with van der Waals surface area (Å²) >= 11 is 0.136. The van der Waals surface area contributed by atoms with Gasteiger partial charge in [0.15, 0.2) is 0 Å². The van der Waals surface area contributed by atoms with Gasteiger partial charge < -0.3 is 0 Å². The third kappa shape index (κ3) is 3.51. The summed E-state index contributed by atoms with van der Waals surface area (Å²) in [4.78, 5) is 10.6. The standard InChI is InChI=1S/C44H24IN3S/c1-2-10-27(11-3-1)45-33-14-6-4-12-28(33)30-22-25(18-20-34(30)45)26-19-21-38-32(23-26)40-39(49-38)24-31-29-13-5-9-17-37(29)48-43(31)41(40)42-44(48)47-36-16-8-7-15-35(36)46-42/h1-24H. The summed E-state index contributed by atoms with van der Waals surface area (Å²) in [6.07, 6.45) is 0. The molecule has 0 N–H and O–H groups in total. The molecule has 0 atom stereocenters. The van der Waals surface area contributed by atoms with Crippen LogP contribution in [-0.2, 0) is 0 Å². The van der Waals surface area contributed by atoms with Gasteiger partial charge in [-0.15, -0.1) is 0 Å². The van der Waals surface area contributed by atoms with Gasteiger partial charge in [0.25, 0.3) is 0 Å². The average molecular weight is 754 g/mol. The summed E-state index contributed by atoms with van der Waals surface area (Å²) in [5.41, 5.74) is 11.5. The molecule has 0 amide bonds. The summed E-state index contributed by atoms with van der Waals surface area (Å²) < 4.78 is 9.51. The Kier molecular flexibility index (Phi) is 5.22. The van der Waals surface area contributed by atoms with Crippen LogP contribution in [0.1, 0.15) is 0 Å². The van der Waals surface area contributed by atoms with Crippen molar-refractivity contribution < 1.29 is 0 Å². The minimum atomic E-state index is -1.75. The SMILES string of the molecule is c1ccc(I2c3ccccc3-c3cc(-c4ccc5sc6cc7c8ccccc8n8c9nc%10ccccc%10nc9c(c6c5c4)c78)ccc32)cc1. The molecule has 0 radical (unpaired) electrons. The number of hydrogen-bond donors (Lipinski definition) is 0. The van der Waals surface area contributed by atoms with Crippen molar-refractivity contribution >= 4 is 101 Å². The van der Waals surface area contributed by atoms with Crippen LogP contribution in [0.3, 0.4) is 0 Å². The first-order chi connectivity index (χ1) is 24.3. The predicted octanol–water partition coefficient (Wildman–Crippen LogP) is 12.2. The van der Waals surface area contributed by atoms with E-state index in [1.165, 1.54) is 76.8 Å². The number of halogens is 1. The molecule has 0 bridgehead atoms.